The van der Waals surface area contributed by atoms with Gasteiger partial charge in [-0.2, -0.15) is 0 Å². The Labute approximate surface area is 109 Å². The minimum absolute atomic E-state index is 0.131. The fraction of sp³-hybridized carbons (Fsp3) is 1.00. The molecule has 3 heterocycles. The maximum Gasteiger partial charge on any atom is 0.0836 e. The predicted octanol–water partition coefficient (Wildman–Crippen LogP) is 1.34. The second-order valence-corrected chi connectivity index (χ2v) is 5.96. The van der Waals surface area contributed by atoms with Crippen LogP contribution >= 0.6 is 0 Å². The van der Waals surface area contributed by atoms with Crippen molar-refractivity contribution < 1.29 is 14.2 Å². The lowest BCUT2D eigenvalue weighted by molar-refractivity contribution is -0.0292. The van der Waals surface area contributed by atoms with Gasteiger partial charge in [-0.05, 0) is 44.7 Å². The van der Waals surface area contributed by atoms with Crippen LogP contribution in [0.2, 0.25) is 0 Å². The Morgan fingerprint density at radius 3 is 2.72 bits per heavy atom. The first kappa shape index (κ1) is 12.9. The number of hydrogen-bond acceptors (Lipinski definition) is 4. The van der Waals surface area contributed by atoms with Crippen molar-refractivity contribution in [3.05, 3.63) is 0 Å². The molecular formula is C14H25NO3. The van der Waals surface area contributed by atoms with Crippen LogP contribution in [0.4, 0.5) is 0 Å². The van der Waals surface area contributed by atoms with Crippen LogP contribution in [-0.2, 0) is 14.2 Å². The normalized spacial score (nSPS) is 33.0. The van der Waals surface area contributed by atoms with E-state index < -0.39 is 0 Å². The molecule has 0 amide bonds. The highest BCUT2D eigenvalue weighted by molar-refractivity contribution is 4.93. The molecule has 1 spiro atoms. The van der Waals surface area contributed by atoms with E-state index in [1.165, 1.54) is 0 Å². The van der Waals surface area contributed by atoms with Gasteiger partial charge in [-0.3, -0.25) is 0 Å². The van der Waals surface area contributed by atoms with Crippen molar-refractivity contribution >= 4 is 0 Å². The van der Waals surface area contributed by atoms with Crippen molar-refractivity contribution in [2.24, 2.45) is 5.92 Å². The lowest BCUT2D eigenvalue weighted by atomic mass is 9.89. The molecule has 3 fully saturated rings. The van der Waals surface area contributed by atoms with Gasteiger partial charge in [0, 0.05) is 19.6 Å². The zero-order valence-corrected chi connectivity index (χ0v) is 11.2. The Bertz CT molecular complexity index is 260. The summed E-state index contributed by atoms with van der Waals surface area (Å²) < 4.78 is 17.5. The standard InChI is InChI=1S/C14H25NO3/c1-7-16-8-2-12(1)10-17-13-9-14(18-11-13)3-5-15-6-4-14/h12-13,15H,1-11H2. The minimum atomic E-state index is 0.131. The fourth-order valence-corrected chi connectivity index (χ4v) is 3.33. The van der Waals surface area contributed by atoms with Gasteiger partial charge in [0.15, 0.2) is 0 Å². The molecule has 104 valence electrons. The zero-order valence-electron chi connectivity index (χ0n) is 11.2. The first-order chi connectivity index (χ1) is 8.86. The second kappa shape index (κ2) is 5.87. The molecule has 18 heavy (non-hydrogen) atoms. The molecule has 4 heteroatoms. The Balaban J connectivity index is 1.41. The molecular weight excluding hydrogens is 230 g/mol. The van der Waals surface area contributed by atoms with Gasteiger partial charge in [-0.15, -0.1) is 0 Å². The third-order valence-electron chi connectivity index (χ3n) is 4.60. The van der Waals surface area contributed by atoms with E-state index in [1.54, 1.807) is 0 Å². The average Bonchev–Trinajstić information content (AvgIpc) is 2.82. The lowest BCUT2D eigenvalue weighted by Crippen LogP contribution is -2.41. The van der Waals surface area contributed by atoms with E-state index in [4.69, 9.17) is 14.2 Å². The average molecular weight is 255 g/mol. The maximum absolute atomic E-state index is 6.07. The van der Waals surface area contributed by atoms with E-state index in [-0.39, 0.29) is 5.60 Å². The topological polar surface area (TPSA) is 39.7 Å². The first-order valence-electron chi connectivity index (χ1n) is 7.40. The van der Waals surface area contributed by atoms with Crippen molar-refractivity contribution in [2.45, 2.75) is 43.8 Å². The summed E-state index contributed by atoms with van der Waals surface area (Å²) >= 11 is 0. The van der Waals surface area contributed by atoms with Gasteiger partial charge in [-0.1, -0.05) is 0 Å². The molecule has 0 radical (unpaired) electrons. The third-order valence-corrected chi connectivity index (χ3v) is 4.60. The van der Waals surface area contributed by atoms with Crippen LogP contribution in [0.25, 0.3) is 0 Å². The van der Waals surface area contributed by atoms with E-state index >= 15 is 0 Å². The number of piperidine rings is 1. The van der Waals surface area contributed by atoms with Crippen molar-refractivity contribution in [1.29, 1.82) is 0 Å². The summed E-state index contributed by atoms with van der Waals surface area (Å²) in [5.74, 6) is 0.698. The van der Waals surface area contributed by atoms with Crippen LogP contribution in [-0.4, -0.2) is 51.2 Å². The van der Waals surface area contributed by atoms with E-state index in [0.29, 0.717) is 12.0 Å². The molecule has 4 nitrogen and oxygen atoms in total. The molecule has 3 aliphatic rings. The molecule has 1 unspecified atom stereocenters. The summed E-state index contributed by atoms with van der Waals surface area (Å²) in [6.07, 6.45) is 6.02. The van der Waals surface area contributed by atoms with Crippen molar-refractivity contribution in [3.63, 3.8) is 0 Å². The van der Waals surface area contributed by atoms with Crippen LogP contribution in [0.15, 0.2) is 0 Å². The third kappa shape index (κ3) is 3.05. The van der Waals surface area contributed by atoms with Gasteiger partial charge >= 0.3 is 0 Å². The second-order valence-electron chi connectivity index (χ2n) is 5.96. The van der Waals surface area contributed by atoms with E-state index in [1.807, 2.05) is 0 Å². The van der Waals surface area contributed by atoms with Gasteiger partial charge < -0.3 is 19.5 Å². The molecule has 0 aromatic rings. The van der Waals surface area contributed by atoms with Crippen molar-refractivity contribution in [1.82, 2.24) is 5.32 Å². The molecule has 0 aromatic carbocycles. The maximum atomic E-state index is 6.07. The quantitative estimate of drug-likeness (QED) is 0.826. The van der Waals surface area contributed by atoms with E-state index in [2.05, 4.69) is 5.32 Å². The summed E-state index contributed by atoms with van der Waals surface area (Å²) in [5, 5.41) is 3.40. The monoisotopic (exact) mass is 255 g/mol. The highest BCUT2D eigenvalue weighted by Crippen LogP contribution is 2.35. The first-order valence-corrected chi connectivity index (χ1v) is 7.40. The summed E-state index contributed by atoms with van der Waals surface area (Å²) in [7, 11) is 0. The van der Waals surface area contributed by atoms with Gasteiger partial charge in [0.25, 0.3) is 0 Å². The van der Waals surface area contributed by atoms with Gasteiger partial charge in [0.2, 0.25) is 0 Å². The van der Waals surface area contributed by atoms with Gasteiger partial charge in [0.05, 0.1) is 24.9 Å². The summed E-state index contributed by atoms with van der Waals surface area (Å²) in [4.78, 5) is 0. The molecule has 0 aliphatic carbocycles. The Hall–Kier alpha value is -0.160. The minimum Gasteiger partial charge on any atom is -0.381 e. The molecule has 3 aliphatic heterocycles. The number of hydrogen-bond donors (Lipinski definition) is 1. The lowest BCUT2D eigenvalue weighted by Gasteiger charge is -2.32. The van der Waals surface area contributed by atoms with Crippen LogP contribution in [0, 0.1) is 5.92 Å². The summed E-state index contributed by atoms with van der Waals surface area (Å²) in [6, 6.07) is 0. The van der Waals surface area contributed by atoms with E-state index in [9.17, 15) is 0 Å². The highest BCUT2D eigenvalue weighted by Gasteiger charge is 2.41. The molecule has 0 aromatic heterocycles. The Kier molecular flexibility index (Phi) is 4.19. The SMILES string of the molecule is C1CC2(CCN1)CC(OCC1CCOCC1)CO2. The number of rotatable bonds is 3. The van der Waals surface area contributed by atoms with Crippen molar-refractivity contribution in [3.8, 4) is 0 Å². The van der Waals surface area contributed by atoms with Crippen LogP contribution in [0.3, 0.4) is 0 Å². The van der Waals surface area contributed by atoms with Crippen molar-refractivity contribution in [2.75, 3.05) is 39.5 Å². The largest absolute Gasteiger partial charge is 0.381 e. The molecule has 0 bridgehead atoms. The van der Waals surface area contributed by atoms with Crippen LogP contribution < -0.4 is 5.32 Å². The Morgan fingerprint density at radius 1 is 1.17 bits per heavy atom. The summed E-state index contributed by atoms with van der Waals surface area (Å²) in [5.41, 5.74) is 0.131. The van der Waals surface area contributed by atoms with E-state index in [0.717, 1.165) is 71.6 Å². The number of ether oxygens (including phenoxy) is 3. The molecule has 1 N–H and O–H groups in total. The highest BCUT2D eigenvalue weighted by atomic mass is 16.6. The smallest absolute Gasteiger partial charge is 0.0836 e. The van der Waals surface area contributed by atoms with Gasteiger partial charge in [0.1, 0.15) is 0 Å². The summed E-state index contributed by atoms with van der Waals surface area (Å²) in [6.45, 7) is 5.68. The van der Waals surface area contributed by atoms with Crippen LogP contribution in [0.1, 0.15) is 32.1 Å². The Morgan fingerprint density at radius 2 is 1.94 bits per heavy atom. The molecule has 3 saturated heterocycles. The molecule has 3 rings (SSSR count). The fourth-order valence-electron chi connectivity index (χ4n) is 3.33. The van der Waals surface area contributed by atoms with Gasteiger partial charge in [-0.25, -0.2) is 0 Å². The molecule has 1 atom stereocenters. The van der Waals surface area contributed by atoms with Crippen LogP contribution in [0.5, 0.6) is 0 Å². The predicted molar refractivity (Wildman–Crippen MR) is 68.7 cm³/mol. The number of nitrogens with one attached hydrogen (secondary N) is 1. The molecule has 0 saturated carbocycles. The zero-order chi connectivity index (χ0) is 12.3.